The van der Waals surface area contributed by atoms with Crippen LogP contribution in [-0.2, 0) is 22.6 Å². The normalized spacial score (nSPS) is 10.4. The number of benzene rings is 2. The van der Waals surface area contributed by atoms with Gasteiger partial charge >= 0.3 is 5.97 Å². The first-order valence-electron chi connectivity index (χ1n) is 8.03. The molecule has 0 saturated heterocycles. The number of rotatable bonds is 6. The summed E-state index contributed by atoms with van der Waals surface area (Å²) in [5.41, 5.74) is 1.95. The highest BCUT2D eigenvalue weighted by Gasteiger charge is 2.11. The molecule has 9 heteroatoms. The van der Waals surface area contributed by atoms with Gasteiger partial charge in [0.05, 0.1) is 17.7 Å². The van der Waals surface area contributed by atoms with Crippen LogP contribution < -0.4 is 5.32 Å². The summed E-state index contributed by atoms with van der Waals surface area (Å²) < 4.78 is 4.64. The summed E-state index contributed by atoms with van der Waals surface area (Å²) in [5.74, 6) is -0.320. The second-order valence-corrected chi connectivity index (χ2v) is 6.00. The van der Waals surface area contributed by atoms with Crippen LogP contribution in [0.2, 0.25) is 5.02 Å². The van der Waals surface area contributed by atoms with Gasteiger partial charge < -0.3 is 10.1 Å². The van der Waals surface area contributed by atoms with Crippen molar-refractivity contribution in [1.29, 1.82) is 0 Å². The Morgan fingerprint density at radius 2 is 1.89 bits per heavy atom. The quantitative estimate of drug-likeness (QED) is 0.652. The molecule has 2 aromatic carbocycles. The number of ether oxygens (including phenoxy) is 1. The van der Waals surface area contributed by atoms with Gasteiger partial charge in [-0.25, -0.2) is 4.79 Å². The highest BCUT2D eigenvalue weighted by atomic mass is 35.5. The average molecular weight is 386 g/mol. The van der Waals surface area contributed by atoms with E-state index in [1.807, 2.05) is 6.07 Å². The highest BCUT2D eigenvalue weighted by Crippen LogP contribution is 2.23. The highest BCUT2D eigenvalue weighted by molar-refractivity contribution is 6.33. The maximum absolute atomic E-state index is 12.1. The summed E-state index contributed by atoms with van der Waals surface area (Å²) >= 11 is 6.11. The van der Waals surface area contributed by atoms with Crippen LogP contribution in [-0.4, -0.2) is 39.2 Å². The van der Waals surface area contributed by atoms with Crippen LogP contribution in [0.25, 0.3) is 11.4 Å². The Morgan fingerprint density at radius 1 is 1.15 bits per heavy atom. The lowest BCUT2D eigenvalue weighted by Crippen LogP contribution is -2.28. The molecular weight excluding hydrogens is 370 g/mol. The number of nitrogens with one attached hydrogen (secondary N) is 1. The molecule has 0 bridgehead atoms. The third-order valence-electron chi connectivity index (χ3n) is 3.72. The van der Waals surface area contributed by atoms with E-state index in [-0.39, 0.29) is 12.5 Å². The largest absolute Gasteiger partial charge is 0.465 e. The standard InChI is InChI=1S/C18H16ClN5O3/c1-27-18(26)13-8-6-12(7-9-13)10-20-16(25)11-24-22-17(21-23-24)14-4-2-3-5-15(14)19/h2-9H,10-11H2,1H3,(H,20,25). The van der Waals surface area contributed by atoms with E-state index < -0.39 is 5.97 Å². The minimum absolute atomic E-state index is 0.0717. The fourth-order valence-electron chi connectivity index (χ4n) is 2.32. The Morgan fingerprint density at radius 3 is 2.59 bits per heavy atom. The smallest absolute Gasteiger partial charge is 0.337 e. The second kappa shape index (κ2) is 8.41. The number of hydrogen-bond donors (Lipinski definition) is 1. The number of tetrazole rings is 1. The molecule has 3 aromatic rings. The fourth-order valence-corrected chi connectivity index (χ4v) is 2.54. The lowest BCUT2D eigenvalue weighted by Gasteiger charge is -2.05. The van der Waals surface area contributed by atoms with Gasteiger partial charge in [-0.3, -0.25) is 4.79 Å². The summed E-state index contributed by atoms with van der Waals surface area (Å²) in [5, 5.41) is 15.2. The lowest BCUT2D eigenvalue weighted by molar-refractivity contribution is -0.122. The molecule has 0 aliphatic heterocycles. The number of hydrogen-bond acceptors (Lipinski definition) is 6. The van der Waals surface area contributed by atoms with Crippen molar-refractivity contribution in [3.05, 3.63) is 64.7 Å². The van der Waals surface area contributed by atoms with Crippen molar-refractivity contribution >= 4 is 23.5 Å². The maximum atomic E-state index is 12.1. The number of methoxy groups -OCH3 is 1. The van der Waals surface area contributed by atoms with Crippen LogP contribution in [0.5, 0.6) is 0 Å². The second-order valence-electron chi connectivity index (χ2n) is 5.59. The molecule has 27 heavy (non-hydrogen) atoms. The van der Waals surface area contributed by atoms with E-state index in [9.17, 15) is 9.59 Å². The summed E-state index contributed by atoms with van der Waals surface area (Å²) in [6.07, 6.45) is 0. The Hall–Kier alpha value is -3.26. The van der Waals surface area contributed by atoms with Crippen molar-refractivity contribution in [2.24, 2.45) is 0 Å². The van der Waals surface area contributed by atoms with Gasteiger partial charge in [0.1, 0.15) is 6.54 Å². The molecule has 1 aromatic heterocycles. The van der Waals surface area contributed by atoms with Crippen LogP contribution in [0.15, 0.2) is 48.5 Å². The van der Waals surface area contributed by atoms with Crippen molar-refractivity contribution in [2.45, 2.75) is 13.1 Å². The minimum atomic E-state index is -0.405. The van der Waals surface area contributed by atoms with Crippen LogP contribution in [0.1, 0.15) is 15.9 Å². The molecule has 0 spiro atoms. The molecule has 1 heterocycles. The Labute approximate surface area is 160 Å². The molecule has 3 rings (SSSR count). The van der Waals surface area contributed by atoms with Crippen molar-refractivity contribution in [2.75, 3.05) is 7.11 Å². The zero-order valence-corrected chi connectivity index (χ0v) is 15.2. The molecule has 0 aliphatic carbocycles. The molecular formula is C18H16ClN5O3. The minimum Gasteiger partial charge on any atom is -0.465 e. The third kappa shape index (κ3) is 4.68. The van der Waals surface area contributed by atoms with Crippen molar-refractivity contribution in [1.82, 2.24) is 25.5 Å². The number of halogens is 1. The molecule has 0 fully saturated rings. The third-order valence-corrected chi connectivity index (χ3v) is 4.05. The van der Waals surface area contributed by atoms with E-state index in [1.165, 1.54) is 11.9 Å². The van der Waals surface area contributed by atoms with Gasteiger partial charge in [0.15, 0.2) is 0 Å². The van der Waals surface area contributed by atoms with E-state index >= 15 is 0 Å². The van der Waals surface area contributed by atoms with E-state index in [4.69, 9.17) is 11.6 Å². The molecule has 0 aliphatic rings. The number of aromatic nitrogens is 4. The monoisotopic (exact) mass is 385 g/mol. The van der Waals surface area contributed by atoms with E-state index in [1.54, 1.807) is 42.5 Å². The predicted molar refractivity (Wildman–Crippen MR) is 97.9 cm³/mol. The number of esters is 1. The molecule has 1 N–H and O–H groups in total. The van der Waals surface area contributed by atoms with Gasteiger partial charge in [-0.1, -0.05) is 35.9 Å². The van der Waals surface area contributed by atoms with Crippen LogP contribution in [0.3, 0.4) is 0 Å². The zero-order valence-electron chi connectivity index (χ0n) is 14.4. The summed E-state index contributed by atoms with van der Waals surface area (Å²) in [6, 6.07) is 13.9. The molecule has 0 unspecified atom stereocenters. The fraction of sp³-hybridized carbons (Fsp3) is 0.167. The van der Waals surface area contributed by atoms with Gasteiger partial charge in [0.25, 0.3) is 0 Å². The van der Waals surface area contributed by atoms with Gasteiger partial charge in [-0.2, -0.15) is 4.80 Å². The molecule has 138 valence electrons. The Bertz CT molecular complexity index is 956. The van der Waals surface area contributed by atoms with Crippen LogP contribution in [0, 0.1) is 0 Å². The van der Waals surface area contributed by atoms with E-state index in [2.05, 4.69) is 25.5 Å². The van der Waals surface area contributed by atoms with E-state index in [0.29, 0.717) is 28.5 Å². The first-order valence-corrected chi connectivity index (χ1v) is 8.41. The summed E-state index contributed by atoms with van der Waals surface area (Å²) in [4.78, 5) is 24.7. The Kier molecular flexibility index (Phi) is 5.77. The van der Waals surface area contributed by atoms with Gasteiger partial charge in [0, 0.05) is 12.1 Å². The molecule has 0 saturated carbocycles. The van der Waals surface area contributed by atoms with E-state index in [0.717, 1.165) is 5.56 Å². The van der Waals surface area contributed by atoms with Gasteiger partial charge in [-0.05, 0) is 35.0 Å². The van der Waals surface area contributed by atoms with Gasteiger partial charge in [0.2, 0.25) is 11.7 Å². The van der Waals surface area contributed by atoms with Crippen molar-refractivity contribution < 1.29 is 14.3 Å². The van der Waals surface area contributed by atoms with Crippen molar-refractivity contribution in [3.8, 4) is 11.4 Å². The molecule has 8 nitrogen and oxygen atoms in total. The molecule has 1 amide bonds. The zero-order chi connectivity index (χ0) is 19.2. The van der Waals surface area contributed by atoms with Crippen molar-refractivity contribution in [3.63, 3.8) is 0 Å². The molecule has 0 radical (unpaired) electrons. The number of carbonyl (C=O) groups excluding carboxylic acids is 2. The number of carbonyl (C=O) groups is 2. The number of amides is 1. The summed E-state index contributed by atoms with van der Waals surface area (Å²) in [7, 11) is 1.33. The van der Waals surface area contributed by atoms with Crippen LogP contribution in [0.4, 0.5) is 0 Å². The average Bonchev–Trinajstić information content (AvgIpc) is 3.14. The summed E-state index contributed by atoms with van der Waals surface area (Å²) in [6.45, 7) is 0.240. The van der Waals surface area contributed by atoms with Crippen LogP contribution >= 0.6 is 11.6 Å². The topological polar surface area (TPSA) is 99.0 Å². The first kappa shape index (κ1) is 18.5. The lowest BCUT2D eigenvalue weighted by atomic mass is 10.1. The first-order chi connectivity index (χ1) is 13.1. The molecule has 0 atom stereocenters. The Balaban J connectivity index is 1.56. The maximum Gasteiger partial charge on any atom is 0.337 e. The SMILES string of the molecule is COC(=O)c1ccc(CNC(=O)Cn2nnc(-c3ccccc3Cl)n2)cc1. The number of nitrogens with zero attached hydrogens (tertiary/aromatic N) is 4. The van der Waals surface area contributed by atoms with Gasteiger partial charge in [-0.15, -0.1) is 10.2 Å². The predicted octanol–water partition coefficient (Wildman–Crippen LogP) is 2.10.